The second kappa shape index (κ2) is 8.68. The molecule has 0 atom stereocenters. The summed E-state index contributed by atoms with van der Waals surface area (Å²) in [7, 11) is 1.25. The highest BCUT2D eigenvalue weighted by Gasteiger charge is 2.26. The summed E-state index contributed by atoms with van der Waals surface area (Å²) in [4.78, 5) is 35.7. The van der Waals surface area contributed by atoms with Crippen LogP contribution in [-0.4, -0.2) is 35.3 Å². The summed E-state index contributed by atoms with van der Waals surface area (Å²) >= 11 is 11.8. The Kier molecular flexibility index (Phi) is 6.25. The Labute approximate surface area is 176 Å². The Balaban J connectivity index is 2.21. The monoisotopic (exact) mass is 433 g/mol. The first-order chi connectivity index (χ1) is 13.8. The lowest BCUT2D eigenvalue weighted by atomic mass is 10.1. The fraction of sp³-hybridized carbons (Fsp3) is 0.190. The zero-order valence-electron chi connectivity index (χ0n) is 15.7. The van der Waals surface area contributed by atoms with E-state index in [0.29, 0.717) is 28.2 Å². The van der Waals surface area contributed by atoms with Crippen molar-refractivity contribution < 1.29 is 23.9 Å². The molecule has 0 saturated carbocycles. The average Bonchev–Trinajstić information content (AvgIpc) is 2.99. The number of benzene rings is 2. The number of esters is 1. The molecule has 0 spiro atoms. The number of nitrogens with zero attached hydrogens (tertiary/aromatic N) is 1. The first-order valence-corrected chi connectivity index (χ1v) is 9.39. The first kappa shape index (κ1) is 20.9. The van der Waals surface area contributed by atoms with E-state index in [1.807, 2.05) is 22.8 Å². The molecular formula is C21H17Cl2NO5. The maximum absolute atomic E-state index is 12.6. The molecule has 6 nitrogen and oxygen atoms in total. The average molecular weight is 434 g/mol. The van der Waals surface area contributed by atoms with Crippen LogP contribution >= 0.6 is 23.2 Å². The van der Waals surface area contributed by atoms with E-state index in [1.165, 1.54) is 7.11 Å². The molecule has 0 aliphatic heterocycles. The van der Waals surface area contributed by atoms with Crippen LogP contribution in [0.3, 0.4) is 0 Å². The van der Waals surface area contributed by atoms with E-state index >= 15 is 0 Å². The van der Waals surface area contributed by atoms with Crippen molar-refractivity contribution in [2.75, 3.05) is 13.7 Å². The predicted octanol–water partition coefficient (Wildman–Crippen LogP) is 4.15. The molecule has 0 aliphatic rings. The highest BCUT2D eigenvalue weighted by atomic mass is 35.5. The molecule has 8 heteroatoms. The van der Waals surface area contributed by atoms with Gasteiger partial charge in [0.25, 0.3) is 5.24 Å². The number of hydrogen-bond donors (Lipinski definition) is 0. The topological polar surface area (TPSA) is 74.6 Å². The van der Waals surface area contributed by atoms with Gasteiger partial charge in [-0.1, -0.05) is 35.9 Å². The Hall–Kier alpha value is -2.83. The van der Waals surface area contributed by atoms with Crippen LogP contribution in [0.15, 0.2) is 42.5 Å². The van der Waals surface area contributed by atoms with Gasteiger partial charge in [0, 0.05) is 17.3 Å². The minimum absolute atomic E-state index is 0.132. The highest BCUT2D eigenvalue weighted by Crippen LogP contribution is 2.35. The van der Waals surface area contributed by atoms with Crippen LogP contribution in [0.5, 0.6) is 5.75 Å². The lowest BCUT2D eigenvalue weighted by molar-refractivity contribution is -0.142. The summed E-state index contributed by atoms with van der Waals surface area (Å²) in [5.41, 5.74) is 2.15. The van der Waals surface area contributed by atoms with Crippen LogP contribution in [0.25, 0.3) is 10.9 Å². The molecule has 3 aromatic rings. The molecule has 0 bridgehead atoms. The lowest BCUT2D eigenvalue weighted by Gasteiger charge is -2.11. The number of ketones is 1. The van der Waals surface area contributed by atoms with E-state index in [0.717, 1.165) is 5.56 Å². The third kappa shape index (κ3) is 4.13. The Morgan fingerprint density at radius 1 is 1.07 bits per heavy atom. The van der Waals surface area contributed by atoms with E-state index in [2.05, 4.69) is 4.74 Å². The number of ether oxygens (including phenoxy) is 2. The predicted molar refractivity (Wildman–Crippen MR) is 110 cm³/mol. The van der Waals surface area contributed by atoms with Gasteiger partial charge in [0.1, 0.15) is 5.75 Å². The van der Waals surface area contributed by atoms with E-state index in [1.54, 1.807) is 31.2 Å². The Morgan fingerprint density at radius 3 is 2.45 bits per heavy atom. The first-order valence-electron chi connectivity index (χ1n) is 8.64. The summed E-state index contributed by atoms with van der Waals surface area (Å²) in [5.74, 6) is -1.15. The van der Waals surface area contributed by atoms with Gasteiger partial charge in [0.2, 0.25) is 5.78 Å². The van der Waals surface area contributed by atoms with E-state index in [-0.39, 0.29) is 17.9 Å². The summed E-state index contributed by atoms with van der Waals surface area (Å²) in [5, 5.41) is -0.124. The standard InChI is InChI=1S/C21H17Cl2NO5/c1-12-18(20(26)21(23)27)19-15(8-5-9-16(19)29-11-17(25)28-2)24(12)10-13-6-3-4-7-14(13)22/h3-9H,10-11H2,1-2H3. The van der Waals surface area contributed by atoms with Crippen molar-refractivity contribution in [1.29, 1.82) is 0 Å². The van der Waals surface area contributed by atoms with Gasteiger partial charge in [-0.05, 0) is 42.3 Å². The number of carbonyl (C=O) groups excluding carboxylic acids is 3. The van der Waals surface area contributed by atoms with Crippen molar-refractivity contribution >= 4 is 51.1 Å². The second-order valence-corrected chi connectivity index (χ2v) is 7.01. The SMILES string of the molecule is COC(=O)COc1cccc2c1c(C(=O)C(=O)Cl)c(C)n2Cc1ccccc1Cl. The zero-order chi connectivity index (χ0) is 21.1. The van der Waals surface area contributed by atoms with Gasteiger partial charge in [0.05, 0.1) is 23.6 Å². The molecule has 0 fully saturated rings. The fourth-order valence-corrected chi connectivity index (χ4v) is 3.47. The molecule has 150 valence electrons. The van der Waals surface area contributed by atoms with Crippen molar-refractivity contribution in [3.63, 3.8) is 0 Å². The molecule has 3 rings (SSSR count). The number of hydrogen-bond acceptors (Lipinski definition) is 5. The van der Waals surface area contributed by atoms with Crippen LogP contribution in [0.4, 0.5) is 0 Å². The number of aromatic nitrogens is 1. The summed E-state index contributed by atoms with van der Waals surface area (Å²) in [6, 6.07) is 12.5. The molecular weight excluding hydrogens is 417 g/mol. The normalized spacial score (nSPS) is 10.8. The van der Waals surface area contributed by atoms with E-state index in [4.69, 9.17) is 27.9 Å². The Morgan fingerprint density at radius 2 is 1.79 bits per heavy atom. The van der Waals surface area contributed by atoms with Crippen molar-refractivity contribution in [3.05, 3.63) is 64.3 Å². The van der Waals surface area contributed by atoms with Crippen LogP contribution in [0.1, 0.15) is 21.6 Å². The van der Waals surface area contributed by atoms with Crippen LogP contribution in [0.2, 0.25) is 5.02 Å². The zero-order valence-corrected chi connectivity index (χ0v) is 17.2. The van der Waals surface area contributed by atoms with Gasteiger partial charge in [-0.3, -0.25) is 9.59 Å². The van der Waals surface area contributed by atoms with Crippen LogP contribution in [-0.2, 0) is 20.9 Å². The Bertz CT molecular complexity index is 1120. The van der Waals surface area contributed by atoms with Gasteiger partial charge in [-0.25, -0.2) is 4.79 Å². The third-order valence-corrected chi connectivity index (χ3v) is 5.12. The molecule has 1 heterocycles. The smallest absolute Gasteiger partial charge is 0.343 e. The maximum Gasteiger partial charge on any atom is 0.343 e. The third-order valence-electron chi connectivity index (χ3n) is 4.58. The molecule has 0 saturated heterocycles. The minimum atomic E-state index is -1.10. The van der Waals surface area contributed by atoms with Crippen molar-refractivity contribution in [2.24, 2.45) is 0 Å². The van der Waals surface area contributed by atoms with Gasteiger partial charge in [-0.2, -0.15) is 0 Å². The number of carbonyl (C=O) groups is 3. The van der Waals surface area contributed by atoms with Gasteiger partial charge in [-0.15, -0.1) is 0 Å². The number of halogens is 2. The maximum atomic E-state index is 12.6. The summed E-state index contributed by atoms with van der Waals surface area (Å²) in [6.45, 7) is 1.74. The van der Waals surface area contributed by atoms with Gasteiger partial charge < -0.3 is 14.0 Å². The molecule has 0 N–H and O–H groups in total. The number of rotatable bonds is 7. The van der Waals surface area contributed by atoms with E-state index in [9.17, 15) is 14.4 Å². The molecule has 0 amide bonds. The number of fused-ring (bicyclic) bond motifs is 1. The van der Waals surface area contributed by atoms with Gasteiger partial charge >= 0.3 is 5.97 Å². The molecule has 0 unspecified atom stereocenters. The fourth-order valence-electron chi connectivity index (χ4n) is 3.19. The van der Waals surface area contributed by atoms with Gasteiger partial charge in [0.15, 0.2) is 6.61 Å². The largest absolute Gasteiger partial charge is 0.481 e. The number of methoxy groups -OCH3 is 1. The van der Waals surface area contributed by atoms with Crippen molar-refractivity contribution in [1.82, 2.24) is 4.57 Å². The molecule has 2 aromatic carbocycles. The summed E-state index contributed by atoms with van der Waals surface area (Å²) in [6.07, 6.45) is 0. The quantitative estimate of drug-likeness (QED) is 0.242. The summed E-state index contributed by atoms with van der Waals surface area (Å²) < 4.78 is 12.0. The molecule has 0 radical (unpaired) electrons. The molecule has 1 aromatic heterocycles. The van der Waals surface area contributed by atoms with Crippen LogP contribution in [0, 0.1) is 6.92 Å². The molecule has 0 aliphatic carbocycles. The second-order valence-electron chi connectivity index (χ2n) is 6.26. The minimum Gasteiger partial charge on any atom is -0.481 e. The highest BCUT2D eigenvalue weighted by molar-refractivity contribution is 6.83. The van der Waals surface area contributed by atoms with Crippen LogP contribution < -0.4 is 4.74 Å². The lowest BCUT2D eigenvalue weighted by Crippen LogP contribution is -2.13. The van der Waals surface area contributed by atoms with E-state index < -0.39 is 17.0 Å². The number of Topliss-reactive ketones (excluding diaryl/α,β-unsaturated/α-hetero) is 1. The van der Waals surface area contributed by atoms with Crippen molar-refractivity contribution in [3.8, 4) is 5.75 Å². The molecule has 29 heavy (non-hydrogen) atoms. The van der Waals surface area contributed by atoms with Crippen molar-refractivity contribution in [2.45, 2.75) is 13.5 Å².